The van der Waals surface area contributed by atoms with E-state index in [9.17, 15) is 13.2 Å². The van der Waals surface area contributed by atoms with E-state index in [-0.39, 0.29) is 18.3 Å². The lowest BCUT2D eigenvalue weighted by molar-refractivity contribution is -0.327. The highest BCUT2D eigenvalue weighted by molar-refractivity contribution is 5.24. The van der Waals surface area contributed by atoms with Gasteiger partial charge in [-0.3, -0.25) is 0 Å². The van der Waals surface area contributed by atoms with Gasteiger partial charge in [-0.05, 0) is 71.1 Å². The molecule has 0 radical (unpaired) electrons. The van der Waals surface area contributed by atoms with Gasteiger partial charge in [0.15, 0.2) is 0 Å². The van der Waals surface area contributed by atoms with Crippen LogP contribution in [0.4, 0.5) is 13.2 Å². The molecular weight excluding hydrogens is 429 g/mol. The molecule has 0 aromatic heterocycles. The Morgan fingerprint density at radius 3 is 1.73 bits per heavy atom. The summed E-state index contributed by atoms with van der Waals surface area (Å²) in [5, 5.41) is 0. The number of hydrogen-bond donors (Lipinski definition) is 0. The predicted octanol–water partition coefficient (Wildman–Crippen LogP) is 8.69. The van der Waals surface area contributed by atoms with E-state index < -0.39 is 18.2 Å². The SMILES string of the molecule is CCCCCCCCCC(CCCc1ccc(C(F)(F)F)cc1)OC(OC(C)C)OC(C)C. The van der Waals surface area contributed by atoms with Gasteiger partial charge in [0.1, 0.15) is 0 Å². The minimum absolute atomic E-state index is 0.00223. The average molecular weight is 475 g/mol. The molecule has 192 valence electrons. The second kappa shape index (κ2) is 16.5. The van der Waals surface area contributed by atoms with Gasteiger partial charge in [-0.15, -0.1) is 0 Å². The summed E-state index contributed by atoms with van der Waals surface area (Å²) >= 11 is 0. The van der Waals surface area contributed by atoms with Gasteiger partial charge in [-0.2, -0.15) is 13.2 Å². The van der Waals surface area contributed by atoms with E-state index in [1.54, 1.807) is 12.1 Å². The van der Waals surface area contributed by atoms with Gasteiger partial charge in [-0.1, -0.05) is 64.0 Å². The van der Waals surface area contributed by atoms with E-state index in [0.29, 0.717) is 0 Å². The van der Waals surface area contributed by atoms with Crippen LogP contribution in [0.15, 0.2) is 24.3 Å². The smallest absolute Gasteiger partial charge is 0.327 e. The Kier molecular flexibility index (Phi) is 15.0. The fourth-order valence-electron chi connectivity index (χ4n) is 3.70. The first-order valence-corrected chi connectivity index (χ1v) is 12.7. The Hall–Kier alpha value is -1.11. The molecular formula is C27H45F3O3. The Balaban J connectivity index is 2.59. The maximum absolute atomic E-state index is 12.8. The van der Waals surface area contributed by atoms with Crippen molar-refractivity contribution < 1.29 is 27.4 Å². The van der Waals surface area contributed by atoms with Gasteiger partial charge >= 0.3 is 6.18 Å². The number of aryl methyl sites for hydroxylation is 1. The minimum atomic E-state index is -4.30. The van der Waals surface area contributed by atoms with Gasteiger partial charge in [-0.25, -0.2) is 0 Å². The van der Waals surface area contributed by atoms with Crippen LogP contribution in [-0.4, -0.2) is 24.8 Å². The molecule has 0 aliphatic carbocycles. The number of unbranched alkanes of at least 4 members (excludes halogenated alkanes) is 6. The highest BCUT2D eigenvalue weighted by atomic mass is 19.4. The summed E-state index contributed by atoms with van der Waals surface area (Å²) in [7, 11) is 0. The second-order valence-electron chi connectivity index (χ2n) is 9.41. The normalized spacial score (nSPS) is 13.4. The minimum Gasteiger partial charge on any atom is -0.327 e. The molecule has 3 nitrogen and oxygen atoms in total. The van der Waals surface area contributed by atoms with Crippen LogP contribution in [0.2, 0.25) is 0 Å². The highest BCUT2D eigenvalue weighted by Crippen LogP contribution is 2.29. The summed E-state index contributed by atoms with van der Waals surface area (Å²) in [6, 6.07) is 5.46. The molecule has 0 heterocycles. The van der Waals surface area contributed by atoms with E-state index in [1.165, 1.54) is 38.5 Å². The predicted molar refractivity (Wildman–Crippen MR) is 128 cm³/mol. The Morgan fingerprint density at radius 2 is 1.21 bits per heavy atom. The summed E-state index contributed by atoms with van der Waals surface area (Å²) < 4.78 is 56.2. The second-order valence-corrected chi connectivity index (χ2v) is 9.41. The van der Waals surface area contributed by atoms with Gasteiger partial charge in [0.25, 0.3) is 6.48 Å². The Bertz CT molecular complexity index is 590. The van der Waals surface area contributed by atoms with Crippen molar-refractivity contribution in [1.29, 1.82) is 0 Å². The van der Waals surface area contributed by atoms with Gasteiger partial charge in [0, 0.05) is 0 Å². The molecule has 0 saturated carbocycles. The molecule has 1 aromatic carbocycles. The van der Waals surface area contributed by atoms with Crippen molar-refractivity contribution in [3.63, 3.8) is 0 Å². The lowest BCUT2D eigenvalue weighted by atomic mass is 10.0. The maximum Gasteiger partial charge on any atom is 0.416 e. The number of rotatable bonds is 18. The topological polar surface area (TPSA) is 27.7 Å². The number of alkyl halides is 3. The van der Waals surface area contributed by atoms with Crippen LogP contribution >= 0.6 is 0 Å². The lowest BCUT2D eigenvalue weighted by Crippen LogP contribution is -2.31. The zero-order valence-corrected chi connectivity index (χ0v) is 21.3. The Morgan fingerprint density at radius 1 is 0.697 bits per heavy atom. The molecule has 6 heteroatoms. The van der Waals surface area contributed by atoms with E-state index in [0.717, 1.165) is 49.8 Å². The highest BCUT2D eigenvalue weighted by Gasteiger charge is 2.29. The number of halogens is 3. The van der Waals surface area contributed by atoms with E-state index in [4.69, 9.17) is 14.2 Å². The third-order valence-electron chi connectivity index (χ3n) is 5.47. The summed E-state index contributed by atoms with van der Waals surface area (Å²) in [5.74, 6) is 0. The van der Waals surface area contributed by atoms with Crippen molar-refractivity contribution in [1.82, 2.24) is 0 Å². The molecule has 0 aliphatic heterocycles. The first-order valence-electron chi connectivity index (χ1n) is 12.7. The number of ether oxygens (including phenoxy) is 3. The molecule has 0 bridgehead atoms. The standard InChI is InChI=1S/C27H45F3O3/c1-6-7-8-9-10-11-12-15-25(33-26(31-21(2)3)32-22(4)5)16-13-14-23-17-19-24(20-18-23)27(28,29)30/h17-22,25-26H,6-16H2,1-5H3. The third kappa shape index (κ3) is 14.7. The first kappa shape index (κ1) is 29.9. The Labute approximate surface area is 199 Å². The van der Waals surface area contributed by atoms with E-state index >= 15 is 0 Å². The molecule has 0 fully saturated rings. The van der Waals surface area contributed by atoms with Crippen molar-refractivity contribution in [2.45, 2.75) is 136 Å². The van der Waals surface area contributed by atoms with E-state index in [2.05, 4.69) is 6.92 Å². The van der Waals surface area contributed by atoms with Crippen LogP contribution in [0.1, 0.15) is 110 Å². The zero-order chi connectivity index (χ0) is 24.7. The fourth-order valence-corrected chi connectivity index (χ4v) is 3.70. The van der Waals surface area contributed by atoms with Crippen LogP contribution in [0.25, 0.3) is 0 Å². The van der Waals surface area contributed by atoms with Crippen LogP contribution in [0, 0.1) is 0 Å². The van der Waals surface area contributed by atoms with E-state index in [1.807, 2.05) is 27.7 Å². The first-order chi connectivity index (χ1) is 15.6. The molecule has 0 saturated heterocycles. The summed E-state index contributed by atoms with van der Waals surface area (Å²) in [4.78, 5) is 0. The van der Waals surface area contributed by atoms with Gasteiger partial charge in [0.05, 0.1) is 23.9 Å². The maximum atomic E-state index is 12.8. The summed E-state index contributed by atoms with van der Waals surface area (Å²) in [6.07, 6.45) is 7.63. The molecule has 0 N–H and O–H groups in total. The molecule has 0 aliphatic rings. The zero-order valence-electron chi connectivity index (χ0n) is 21.3. The summed E-state index contributed by atoms with van der Waals surface area (Å²) in [5.41, 5.74) is 0.303. The van der Waals surface area contributed by atoms with Crippen molar-refractivity contribution >= 4 is 0 Å². The van der Waals surface area contributed by atoms with Crippen molar-refractivity contribution in [3.8, 4) is 0 Å². The monoisotopic (exact) mass is 474 g/mol. The quantitative estimate of drug-likeness (QED) is 0.157. The fraction of sp³-hybridized carbons (Fsp3) is 0.778. The van der Waals surface area contributed by atoms with Crippen LogP contribution in [0.3, 0.4) is 0 Å². The van der Waals surface area contributed by atoms with Crippen LogP contribution < -0.4 is 0 Å². The number of benzene rings is 1. The third-order valence-corrected chi connectivity index (χ3v) is 5.47. The lowest BCUT2D eigenvalue weighted by Gasteiger charge is -2.28. The van der Waals surface area contributed by atoms with Crippen molar-refractivity contribution in [3.05, 3.63) is 35.4 Å². The molecule has 0 spiro atoms. The molecule has 1 rings (SSSR count). The van der Waals surface area contributed by atoms with Gasteiger partial charge in [0.2, 0.25) is 0 Å². The molecule has 1 unspecified atom stereocenters. The van der Waals surface area contributed by atoms with Crippen molar-refractivity contribution in [2.24, 2.45) is 0 Å². The molecule has 0 amide bonds. The largest absolute Gasteiger partial charge is 0.416 e. The number of hydrogen-bond acceptors (Lipinski definition) is 3. The molecule has 1 aromatic rings. The molecule has 33 heavy (non-hydrogen) atoms. The van der Waals surface area contributed by atoms with Crippen LogP contribution in [0.5, 0.6) is 0 Å². The van der Waals surface area contributed by atoms with Crippen molar-refractivity contribution in [2.75, 3.05) is 0 Å². The molecule has 1 atom stereocenters. The van der Waals surface area contributed by atoms with Crippen LogP contribution in [-0.2, 0) is 26.8 Å². The average Bonchev–Trinajstić information content (AvgIpc) is 2.71. The van der Waals surface area contributed by atoms with Gasteiger partial charge < -0.3 is 14.2 Å². The summed E-state index contributed by atoms with van der Waals surface area (Å²) in [6.45, 7) is 9.34.